The highest BCUT2D eigenvalue weighted by Gasteiger charge is 2.57. The maximum atomic E-state index is 2.85. The van der Waals surface area contributed by atoms with Crippen LogP contribution in [-0.2, 0) is 0 Å². The summed E-state index contributed by atoms with van der Waals surface area (Å²) in [5.41, 5.74) is 0.342. The summed E-state index contributed by atoms with van der Waals surface area (Å²) in [4.78, 5) is 10.8. The average Bonchev–Trinajstić information content (AvgIpc) is 2.56. The molecular formula is C21H44N4. The van der Waals surface area contributed by atoms with Gasteiger partial charge in [-0.05, 0) is 46.8 Å². The monoisotopic (exact) mass is 352 g/mol. The molecule has 0 aromatic carbocycles. The third kappa shape index (κ3) is 4.07. The molecule has 25 heavy (non-hydrogen) atoms. The number of rotatable bonds is 6. The first-order valence-electron chi connectivity index (χ1n) is 10.8. The molecule has 0 aromatic rings. The molecule has 1 aliphatic heterocycles. The topological polar surface area (TPSA) is 13.0 Å². The first kappa shape index (κ1) is 21.1. The number of hydrogen-bond acceptors (Lipinski definition) is 4. The summed E-state index contributed by atoms with van der Waals surface area (Å²) in [6, 6.07) is 0. The fourth-order valence-corrected chi connectivity index (χ4v) is 5.82. The van der Waals surface area contributed by atoms with Gasteiger partial charge in [-0.15, -0.1) is 0 Å². The predicted molar refractivity (Wildman–Crippen MR) is 109 cm³/mol. The highest BCUT2D eigenvalue weighted by molar-refractivity contribution is 5.04. The smallest absolute Gasteiger partial charge is 0.136 e. The Balaban J connectivity index is 2.54. The molecule has 0 radical (unpaired) electrons. The number of hydrogen-bond donors (Lipinski definition) is 0. The van der Waals surface area contributed by atoms with Crippen LogP contribution in [0.3, 0.4) is 0 Å². The largest absolute Gasteiger partial charge is 0.304 e. The van der Waals surface area contributed by atoms with Crippen molar-refractivity contribution in [1.82, 2.24) is 19.6 Å². The average molecular weight is 353 g/mol. The van der Waals surface area contributed by atoms with Crippen molar-refractivity contribution in [3.8, 4) is 0 Å². The molecule has 2 aliphatic rings. The van der Waals surface area contributed by atoms with E-state index in [0.717, 1.165) is 0 Å². The zero-order chi connectivity index (χ0) is 18.5. The summed E-state index contributed by atoms with van der Waals surface area (Å²) in [5, 5.41) is 0. The lowest BCUT2D eigenvalue weighted by Gasteiger charge is -2.65. The van der Waals surface area contributed by atoms with E-state index >= 15 is 0 Å². The van der Waals surface area contributed by atoms with Gasteiger partial charge < -0.3 is 4.90 Å². The summed E-state index contributed by atoms with van der Waals surface area (Å²) < 4.78 is 0. The van der Waals surface area contributed by atoms with Crippen molar-refractivity contribution < 1.29 is 0 Å². The van der Waals surface area contributed by atoms with Crippen molar-refractivity contribution in [2.24, 2.45) is 5.41 Å². The van der Waals surface area contributed by atoms with Crippen LogP contribution in [0.2, 0.25) is 0 Å². The van der Waals surface area contributed by atoms with Gasteiger partial charge in [-0.25, -0.2) is 0 Å². The van der Waals surface area contributed by atoms with Crippen LogP contribution >= 0.6 is 0 Å². The van der Waals surface area contributed by atoms with Gasteiger partial charge in [0.2, 0.25) is 0 Å². The first-order chi connectivity index (χ1) is 11.9. The van der Waals surface area contributed by atoms with Crippen LogP contribution in [0.1, 0.15) is 65.7 Å². The van der Waals surface area contributed by atoms with E-state index in [9.17, 15) is 0 Å². The molecule has 4 heteroatoms. The fourth-order valence-electron chi connectivity index (χ4n) is 5.82. The lowest BCUT2D eigenvalue weighted by Crippen LogP contribution is -2.77. The Morgan fingerprint density at radius 2 is 1.28 bits per heavy atom. The summed E-state index contributed by atoms with van der Waals surface area (Å²) in [6.45, 7) is 14.4. The zero-order valence-corrected chi connectivity index (χ0v) is 18.0. The molecule has 148 valence electrons. The molecule has 1 saturated heterocycles. The van der Waals surface area contributed by atoms with E-state index in [0.29, 0.717) is 5.41 Å². The van der Waals surface area contributed by atoms with Gasteiger partial charge in [-0.2, -0.15) is 0 Å². The van der Waals surface area contributed by atoms with E-state index < -0.39 is 0 Å². The molecule has 1 saturated carbocycles. The van der Waals surface area contributed by atoms with Crippen molar-refractivity contribution in [3.63, 3.8) is 0 Å². The van der Waals surface area contributed by atoms with Gasteiger partial charge in [0.15, 0.2) is 0 Å². The maximum Gasteiger partial charge on any atom is 0.136 e. The van der Waals surface area contributed by atoms with Crippen LogP contribution in [0.5, 0.6) is 0 Å². The number of likely N-dealkylation sites (N-methyl/N-ethyl adjacent to an activating group) is 1. The lowest BCUT2D eigenvalue weighted by atomic mass is 9.68. The molecule has 0 amide bonds. The molecule has 2 fully saturated rings. The van der Waals surface area contributed by atoms with E-state index in [1.807, 2.05) is 0 Å². The third-order valence-corrected chi connectivity index (χ3v) is 6.76. The second kappa shape index (κ2) is 9.16. The Hall–Kier alpha value is -0.160. The van der Waals surface area contributed by atoms with E-state index in [2.05, 4.69) is 61.5 Å². The Bertz CT molecular complexity index is 371. The Morgan fingerprint density at radius 3 is 1.68 bits per heavy atom. The Labute approximate surface area is 157 Å². The van der Waals surface area contributed by atoms with E-state index in [-0.39, 0.29) is 5.79 Å². The minimum Gasteiger partial charge on any atom is -0.304 e. The van der Waals surface area contributed by atoms with Crippen molar-refractivity contribution in [1.29, 1.82) is 0 Å². The molecule has 4 nitrogen and oxygen atoms in total. The third-order valence-electron chi connectivity index (χ3n) is 6.76. The van der Waals surface area contributed by atoms with Crippen LogP contribution < -0.4 is 0 Å². The van der Waals surface area contributed by atoms with Crippen molar-refractivity contribution in [3.05, 3.63) is 0 Å². The van der Waals surface area contributed by atoms with Gasteiger partial charge in [-0.1, -0.05) is 40.0 Å². The van der Waals surface area contributed by atoms with E-state index in [4.69, 9.17) is 0 Å². The first-order valence-corrected chi connectivity index (χ1v) is 10.8. The molecule has 0 N–H and O–H groups in total. The van der Waals surface area contributed by atoms with E-state index in [1.165, 1.54) is 84.2 Å². The molecule has 0 bridgehead atoms. The summed E-state index contributed by atoms with van der Waals surface area (Å²) in [6.07, 6.45) is 9.40. The van der Waals surface area contributed by atoms with Crippen LogP contribution in [0.25, 0.3) is 0 Å². The SMILES string of the molecule is CCCN1CCN(C)CCN(CCC)C1(N(C)C)C1(C)CCCCC1. The van der Waals surface area contributed by atoms with Crippen molar-refractivity contribution >= 4 is 0 Å². The molecule has 1 aliphatic carbocycles. The van der Waals surface area contributed by atoms with Gasteiger partial charge in [0.1, 0.15) is 5.79 Å². The summed E-state index contributed by atoms with van der Waals surface area (Å²) in [7, 11) is 6.98. The minimum absolute atomic E-state index is 0.0563. The molecule has 0 atom stereocenters. The Kier molecular flexibility index (Phi) is 7.75. The molecule has 0 spiro atoms. The molecule has 0 unspecified atom stereocenters. The fraction of sp³-hybridized carbons (Fsp3) is 1.00. The quantitative estimate of drug-likeness (QED) is 0.725. The van der Waals surface area contributed by atoms with Crippen LogP contribution in [0, 0.1) is 5.41 Å². The second-order valence-electron chi connectivity index (χ2n) is 8.93. The molecule has 1 heterocycles. The maximum absolute atomic E-state index is 2.85. The van der Waals surface area contributed by atoms with Crippen LogP contribution in [0.15, 0.2) is 0 Å². The van der Waals surface area contributed by atoms with Gasteiger partial charge in [0, 0.05) is 44.7 Å². The molecule has 2 rings (SSSR count). The highest BCUT2D eigenvalue weighted by atomic mass is 15.6. The second-order valence-corrected chi connectivity index (χ2v) is 8.93. The van der Waals surface area contributed by atoms with Gasteiger partial charge >= 0.3 is 0 Å². The standard InChI is InChI=1S/C21H44N4/c1-7-14-24-18-16-23(6)17-19-25(15-8-2)21(24,22(4)5)20(3)12-10-9-11-13-20/h7-19H2,1-6H3. The van der Waals surface area contributed by atoms with Gasteiger partial charge in [-0.3, -0.25) is 14.7 Å². The van der Waals surface area contributed by atoms with Gasteiger partial charge in [0.25, 0.3) is 0 Å². The molecular weight excluding hydrogens is 308 g/mol. The molecule has 0 aromatic heterocycles. The zero-order valence-electron chi connectivity index (χ0n) is 18.0. The summed E-state index contributed by atoms with van der Waals surface area (Å²) >= 11 is 0. The Morgan fingerprint density at radius 1 is 0.800 bits per heavy atom. The van der Waals surface area contributed by atoms with Crippen LogP contribution in [-0.4, -0.2) is 85.8 Å². The predicted octanol–water partition coefficient (Wildman–Crippen LogP) is 3.54. The summed E-state index contributed by atoms with van der Waals surface area (Å²) in [5.74, 6) is 0.0563. The van der Waals surface area contributed by atoms with Gasteiger partial charge in [0.05, 0.1) is 0 Å². The van der Waals surface area contributed by atoms with E-state index in [1.54, 1.807) is 0 Å². The van der Waals surface area contributed by atoms with Crippen LogP contribution in [0.4, 0.5) is 0 Å². The van der Waals surface area contributed by atoms with Crippen molar-refractivity contribution in [2.75, 3.05) is 60.4 Å². The lowest BCUT2D eigenvalue weighted by molar-refractivity contribution is -0.239. The number of nitrogens with zero attached hydrogens (tertiary/aromatic N) is 4. The van der Waals surface area contributed by atoms with Crippen molar-refractivity contribution in [2.45, 2.75) is 71.5 Å². The normalized spacial score (nSPS) is 26.5. The highest BCUT2D eigenvalue weighted by Crippen LogP contribution is 2.50. The minimum atomic E-state index is 0.0563.